The first-order valence-corrected chi connectivity index (χ1v) is 6.80. The standard InChI is InChI=1S/C14H22N4O/c1-9-7-13(15)12(8-16-9)14(19)17-18-10(2)5-4-6-11(18)3/h7-8,10-11H,4-6H2,1-3H3,(H2,15,16)(H,17,19). The number of aryl methyl sites for hydroxylation is 1. The summed E-state index contributed by atoms with van der Waals surface area (Å²) in [6.07, 6.45) is 4.96. The number of amides is 1. The number of hydrogen-bond acceptors (Lipinski definition) is 4. The number of hydrazine groups is 1. The normalized spacial score (nSPS) is 24.2. The van der Waals surface area contributed by atoms with Crippen LogP contribution in [0.25, 0.3) is 0 Å². The molecule has 0 aromatic carbocycles. The van der Waals surface area contributed by atoms with Crippen LogP contribution in [0.15, 0.2) is 12.3 Å². The monoisotopic (exact) mass is 262 g/mol. The Balaban J connectivity index is 2.11. The van der Waals surface area contributed by atoms with Crippen LogP contribution in [0, 0.1) is 6.92 Å². The average molecular weight is 262 g/mol. The fraction of sp³-hybridized carbons (Fsp3) is 0.571. The highest BCUT2D eigenvalue weighted by Crippen LogP contribution is 2.21. The van der Waals surface area contributed by atoms with Crippen LogP contribution in [0.4, 0.5) is 5.69 Å². The van der Waals surface area contributed by atoms with Crippen molar-refractivity contribution in [3.05, 3.63) is 23.5 Å². The van der Waals surface area contributed by atoms with E-state index in [2.05, 4.69) is 24.3 Å². The molecule has 0 saturated carbocycles. The predicted octanol–water partition coefficient (Wildman–Crippen LogP) is 1.88. The maximum absolute atomic E-state index is 12.3. The summed E-state index contributed by atoms with van der Waals surface area (Å²) in [5.74, 6) is -0.175. The van der Waals surface area contributed by atoms with Crippen molar-refractivity contribution in [1.82, 2.24) is 15.4 Å². The smallest absolute Gasteiger partial charge is 0.269 e. The van der Waals surface area contributed by atoms with Gasteiger partial charge in [0.05, 0.1) is 5.56 Å². The lowest BCUT2D eigenvalue weighted by molar-refractivity contribution is 0.0370. The van der Waals surface area contributed by atoms with Crippen molar-refractivity contribution >= 4 is 11.6 Å². The summed E-state index contributed by atoms with van der Waals surface area (Å²) in [5.41, 5.74) is 10.6. The lowest BCUT2D eigenvalue weighted by atomic mass is 10.00. The third-order valence-corrected chi connectivity index (χ3v) is 3.74. The number of piperidine rings is 1. The summed E-state index contributed by atoms with van der Waals surface area (Å²) in [6, 6.07) is 2.43. The quantitative estimate of drug-likeness (QED) is 0.853. The molecule has 2 atom stereocenters. The SMILES string of the molecule is Cc1cc(N)c(C(=O)NN2C(C)CCCC2C)cn1. The average Bonchev–Trinajstić information content (AvgIpc) is 2.33. The highest BCUT2D eigenvalue weighted by molar-refractivity contribution is 5.98. The van der Waals surface area contributed by atoms with Gasteiger partial charge in [0, 0.05) is 29.7 Å². The largest absolute Gasteiger partial charge is 0.398 e. The first kappa shape index (κ1) is 13.8. The Morgan fingerprint density at radius 3 is 2.63 bits per heavy atom. The molecule has 1 aromatic rings. The van der Waals surface area contributed by atoms with Gasteiger partial charge in [-0.05, 0) is 39.7 Å². The van der Waals surface area contributed by atoms with Gasteiger partial charge < -0.3 is 5.73 Å². The van der Waals surface area contributed by atoms with Gasteiger partial charge >= 0.3 is 0 Å². The van der Waals surface area contributed by atoms with E-state index in [1.165, 1.54) is 6.42 Å². The Morgan fingerprint density at radius 2 is 2.05 bits per heavy atom. The van der Waals surface area contributed by atoms with Crippen molar-refractivity contribution < 1.29 is 4.79 Å². The summed E-state index contributed by atoms with van der Waals surface area (Å²) in [6.45, 7) is 6.12. The molecule has 1 saturated heterocycles. The third-order valence-electron chi connectivity index (χ3n) is 3.74. The minimum Gasteiger partial charge on any atom is -0.398 e. The van der Waals surface area contributed by atoms with Crippen LogP contribution >= 0.6 is 0 Å². The second-order valence-corrected chi connectivity index (χ2v) is 5.39. The number of rotatable bonds is 2. The van der Waals surface area contributed by atoms with Crippen LogP contribution < -0.4 is 11.2 Å². The molecule has 3 N–H and O–H groups in total. The van der Waals surface area contributed by atoms with E-state index >= 15 is 0 Å². The lowest BCUT2D eigenvalue weighted by Crippen LogP contribution is -2.54. The number of nitrogens with one attached hydrogen (secondary N) is 1. The molecule has 0 aliphatic carbocycles. The molecule has 0 bridgehead atoms. The second kappa shape index (κ2) is 5.57. The Bertz CT molecular complexity index is 465. The third kappa shape index (κ3) is 3.04. The first-order chi connectivity index (χ1) is 8.99. The number of carbonyl (C=O) groups excluding carboxylic acids is 1. The van der Waals surface area contributed by atoms with E-state index in [-0.39, 0.29) is 5.91 Å². The van der Waals surface area contributed by atoms with Crippen molar-refractivity contribution in [2.45, 2.75) is 52.1 Å². The molecule has 5 heteroatoms. The number of anilines is 1. The molecule has 104 valence electrons. The molecule has 1 amide bonds. The number of nitrogen functional groups attached to an aromatic ring is 1. The highest BCUT2D eigenvalue weighted by Gasteiger charge is 2.26. The lowest BCUT2D eigenvalue weighted by Gasteiger charge is -2.38. The van der Waals surface area contributed by atoms with Gasteiger partial charge in [0.2, 0.25) is 0 Å². The summed E-state index contributed by atoms with van der Waals surface area (Å²) >= 11 is 0. The number of nitrogens with two attached hydrogens (primary N) is 1. The predicted molar refractivity (Wildman–Crippen MR) is 75.5 cm³/mol. The van der Waals surface area contributed by atoms with E-state index in [1.54, 1.807) is 12.3 Å². The molecular formula is C14H22N4O. The van der Waals surface area contributed by atoms with E-state index in [0.717, 1.165) is 18.5 Å². The first-order valence-electron chi connectivity index (χ1n) is 6.80. The number of aromatic nitrogens is 1. The second-order valence-electron chi connectivity index (χ2n) is 5.39. The van der Waals surface area contributed by atoms with Crippen molar-refractivity contribution in [3.63, 3.8) is 0 Å². The summed E-state index contributed by atoms with van der Waals surface area (Å²) < 4.78 is 0. The minimum absolute atomic E-state index is 0.175. The Kier molecular flexibility index (Phi) is 4.04. The van der Waals surface area contributed by atoms with Crippen molar-refractivity contribution in [2.75, 3.05) is 5.73 Å². The molecule has 19 heavy (non-hydrogen) atoms. The van der Waals surface area contributed by atoms with Crippen molar-refractivity contribution in [2.24, 2.45) is 0 Å². The Morgan fingerprint density at radius 1 is 1.42 bits per heavy atom. The van der Waals surface area contributed by atoms with Crippen LogP contribution in [0.1, 0.15) is 49.2 Å². The molecule has 1 aromatic heterocycles. The van der Waals surface area contributed by atoms with E-state index in [9.17, 15) is 4.79 Å². The molecule has 1 fully saturated rings. The minimum atomic E-state index is -0.175. The van der Waals surface area contributed by atoms with Gasteiger partial charge in [-0.3, -0.25) is 15.2 Å². The molecule has 2 heterocycles. The number of pyridine rings is 1. The van der Waals surface area contributed by atoms with Crippen molar-refractivity contribution in [1.29, 1.82) is 0 Å². The van der Waals surface area contributed by atoms with Crippen LogP contribution in [0.2, 0.25) is 0 Å². The van der Waals surface area contributed by atoms with Crippen molar-refractivity contribution in [3.8, 4) is 0 Å². The van der Waals surface area contributed by atoms with Gasteiger partial charge in [-0.15, -0.1) is 0 Å². The van der Waals surface area contributed by atoms with Gasteiger partial charge in [-0.25, -0.2) is 5.01 Å². The van der Waals surface area contributed by atoms with E-state index in [0.29, 0.717) is 23.3 Å². The van der Waals surface area contributed by atoms with Gasteiger partial charge in [-0.1, -0.05) is 6.42 Å². The zero-order valence-electron chi connectivity index (χ0n) is 11.8. The topological polar surface area (TPSA) is 71.2 Å². The Labute approximate surface area is 114 Å². The number of carbonyl (C=O) groups is 1. The molecule has 1 aliphatic heterocycles. The molecule has 5 nitrogen and oxygen atoms in total. The fourth-order valence-corrected chi connectivity index (χ4v) is 2.59. The highest BCUT2D eigenvalue weighted by atomic mass is 16.2. The van der Waals surface area contributed by atoms with Crippen LogP contribution in [-0.4, -0.2) is 28.0 Å². The number of hydrogen-bond donors (Lipinski definition) is 2. The maximum Gasteiger partial charge on any atom is 0.269 e. The van der Waals surface area contributed by atoms with Gasteiger partial charge in [-0.2, -0.15) is 0 Å². The molecule has 2 rings (SSSR count). The maximum atomic E-state index is 12.3. The summed E-state index contributed by atoms with van der Waals surface area (Å²) in [4.78, 5) is 16.4. The molecule has 0 radical (unpaired) electrons. The fourth-order valence-electron chi connectivity index (χ4n) is 2.59. The van der Waals surface area contributed by atoms with Gasteiger partial charge in [0.1, 0.15) is 0 Å². The van der Waals surface area contributed by atoms with Crippen LogP contribution in [0.5, 0.6) is 0 Å². The van der Waals surface area contributed by atoms with E-state index in [1.807, 2.05) is 11.9 Å². The zero-order valence-corrected chi connectivity index (χ0v) is 11.8. The number of nitrogens with zero attached hydrogens (tertiary/aromatic N) is 2. The molecule has 1 aliphatic rings. The summed E-state index contributed by atoms with van der Waals surface area (Å²) in [5, 5.41) is 2.03. The van der Waals surface area contributed by atoms with Gasteiger partial charge in [0.25, 0.3) is 5.91 Å². The molecular weight excluding hydrogens is 240 g/mol. The van der Waals surface area contributed by atoms with Crippen LogP contribution in [0.3, 0.4) is 0 Å². The van der Waals surface area contributed by atoms with E-state index in [4.69, 9.17) is 5.73 Å². The van der Waals surface area contributed by atoms with E-state index < -0.39 is 0 Å². The van der Waals surface area contributed by atoms with Gasteiger partial charge in [0.15, 0.2) is 0 Å². The molecule has 2 unspecified atom stereocenters. The van der Waals surface area contributed by atoms with Crippen LogP contribution in [-0.2, 0) is 0 Å². The molecule has 0 spiro atoms. The Hall–Kier alpha value is -1.62. The summed E-state index contributed by atoms with van der Waals surface area (Å²) in [7, 11) is 0. The zero-order chi connectivity index (χ0) is 14.0.